The van der Waals surface area contributed by atoms with Gasteiger partial charge in [-0.1, -0.05) is 6.92 Å². The molecule has 0 fully saturated rings. The SMILES string of the molecule is CCCON=C(N)N(C(=N)N)C(C)C. The molecule has 0 unspecified atom stereocenters. The summed E-state index contributed by atoms with van der Waals surface area (Å²) in [5.74, 6) is -0.0256. The van der Waals surface area contributed by atoms with Crippen LogP contribution in [0.15, 0.2) is 5.16 Å². The quantitative estimate of drug-likeness (QED) is 0.262. The Morgan fingerprint density at radius 1 is 1.50 bits per heavy atom. The van der Waals surface area contributed by atoms with E-state index in [4.69, 9.17) is 21.7 Å². The third kappa shape index (κ3) is 3.97. The minimum atomic E-state index is -0.138. The molecular weight excluding hydrogens is 182 g/mol. The second-order valence-corrected chi connectivity index (χ2v) is 3.13. The van der Waals surface area contributed by atoms with Gasteiger partial charge in [-0.15, -0.1) is 0 Å². The van der Waals surface area contributed by atoms with E-state index in [1.54, 1.807) is 0 Å². The summed E-state index contributed by atoms with van der Waals surface area (Å²) in [4.78, 5) is 6.28. The highest BCUT2D eigenvalue weighted by atomic mass is 16.6. The first-order valence-electron chi connectivity index (χ1n) is 4.59. The fourth-order valence-corrected chi connectivity index (χ4v) is 0.913. The number of rotatable bonds is 4. The lowest BCUT2D eigenvalue weighted by molar-refractivity contribution is 0.140. The van der Waals surface area contributed by atoms with Crippen LogP contribution in [-0.4, -0.2) is 29.5 Å². The first-order chi connectivity index (χ1) is 6.50. The van der Waals surface area contributed by atoms with Gasteiger partial charge in [-0.2, -0.15) is 0 Å². The number of nitrogens with two attached hydrogens (primary N) is 2. The van der Waals surface area contributed by atoms with Crippen LogP contribution in [0.25, 0.3) is 0 Å². The lowest BCUT2D eigenvalue weighted by Gasteiger charge is -2.24. The number of hydrogen-bond acceptors (Lipinski definition) is 3. The van der Waals surface area contributed by atoms with Crippen LogP contribution < -0.4 is 11.5 Å². The zero-order valence-electron chi connectivity index (χ0n) is 8.95. The van der Waals surface area contributed by atoms with Crippen LogP contribution in [0, 0.1) is 5.41 Å². The van der Waals surface area contributed by atoms with E-state index in [2.05, 4.69) is 5.16 Å². The van der Waals surface area contributed by atoms with Gasteiger partial charge in [0, 0.05) is 6.04 Å². The van der Waals surface area contributed by atoms with E-state index < -0.39 is 0 Å². The van der Waals surface area contributed by atoms with Gasteiger partial charge in [0.15, 0.2) is 5.96 Å². The van der Waals surface area contributed by atoms with Crippen LogP contribution in [0.5, 0.6) is 0 Å². The second-order valence-electron chi connectivity index (χ2n) is 3.13. The molecule has 6 heteroatoms. The number of guanidine groups is 2. The van der Waals surface area contributed by atoms with Crippen LogP contribution in [0.3, 0.4) is 0 Å². The molecule has 5 N–H and O–H groups in total. The standard InChI is InChI=1S/C8H19N5O/c1-4-5-14-12-8(11)13(6(2)3)7(9)10/h6H,4-5H2,1-3H3,(H3,9,10)(H2,11,12). The predicted octanol–water partition coefficient (Wildman–Crippen LogP) is 0.247. The summed E-state index contributed by atoms with van der Waals surface area (Å²) in [6.45, 7) is 6.20. The van der Waals surface area contributed by atoms with E-state index in [-0.39, 0.29) is 18.0 Å². The average Bonchev–Trinajstić information content (AvgIpc) is 2.03. The van der Waals surface area contributed by atoms with Crippen LogP contribution in [0.2, 0.25) is 0 Å². The van der Waals surface area contributed by atoms with Crippen LogP contribution in [-0.2, 0) is 4.84 Å². The Bertz CT molecular complexity index is 214. The van der Waals surface area contributed by atoms with Crippen molar-refractivity contribution in [2.75, 3.05) is 6.61 Å². The van der Waals surface area contributed by atoms with Gasteiger partial charge in [-0.05, 0) is 25.4 Å². The monoisotopic (exact) mass is 201 g/mol. The molecule has 6 nitrogen and oxygen atoms in total. The third-order valence-corrected chi connectivity index (χ3v) is 1.48. The highest BCUT2D eigenvalue weighted by molar-refractivity contribution is 5.95. The fraction of sp³-hybridized carbons (Fsp3) is 0.750. The van der Waals surface area contributed by atoms with Gasteiger partial charge in [-0.3, -0.25) is 10.3 Å². The van der Waals surface area contributed by atoms with Crippen LogP contribution in [0.4, 0.5) is 0 Å². The predicted molar refractivity (Wildman–Crippen MR) is 56.8 cm³/mol. The Morgan fingerprint density at radius 2 is 2.07 bits per heavy atom. The van der Waals surface area contributed by atoms with E-state index in [0.717, 1.165) is 6.42 Å². The maximum atomic E-state index is 7.28. The molecule has 82 valence electrons. The van der Waals surface area contributed by atoms with Gasteiger partial charge in [0.05, 0.1) is 0 Å². The minimum Gasteiger partial charge on any atom is -0.393 e. The molecule has 0 bridgehead atoms. The normalized spacial score (nSPS) is 11.6. The van der Waals surface area contributed by atoms with Gasteiger partial charge in [0.25, 0.3) is 0 Å². The average molecular weight is 201 g/mol. The number of nitrogens with zero attached hydrogens (tertiary/aromatic N) is 2. The molecule has 0 heterocycles. The maximum absolute atomic E-state index is 7.28. The Morgan fingerprint density at radius 3 is 2.43 bits per heavy atom. The molecule has 0 aromatic carbocycles. The van der Waals surface area contributed by atoms with E-state index in [9.17, 15) is 0 Å². The van der Waals surface area contributed by atoms with Crippen LogP contribution >= 0.6 is 0 Å². The van der Waals surface area contributed by atoms with Crippen molar-refractivity contribution in [1.29, 1.82) is 5.41 Å². The molecule has 0 aromatic rings. The summed E-state index contributed by atoms with van der Waals surface area (Å²) in [5.41, 5.74) is 10.9. The van der Waals surface area contributed by atoms with Crippen molar-refractivity contribution in [1.82, 2.24) is 4.90 Å². The van der Waals surface area contributed by atoms with Gasteiger partial charge in [0.2, 0.25) is 5.96 Å². The summed E-state index contributed by atoms with van der Waals surface area (Å²) < 4.78 is 0. The lowest BCUT2D eigenvalue weighted by Crippen LogP contribution is -2.49. The molecule has 14 heavy (non-hydrogen) atoms. The van der Waals surface area contributed by atoms with Crippen molar-refractivity contribution in [3.05, 3.63) is 0 Å². The van der Waals surface area contributed by atoms with Gasteiger partial charge in [0.1, 0.15) is 6.61 Å². The Kier molecular flexibility index (Phi) is 5.43. The van der Waals surface area contributed by atoms with Gasteiger partial charge in [-0.25, -0.2) is 0 Å². The summed E-state index contributed by atoms with van der Waals surface area (Å²) in [6.07, 6.45) is 0.860. The van der Waals surface area contributed by atoms with E-state index in [1.165, 1.54) is 4.90 Å². The second kappa shape index (κ2) is 6.06. The fourth-order valence-electron chi connectivity index (χ4n) is 0.913. The Hall–Kier alpha value is -1.46. The van der Waals surface area contributed by atoms with Crippen molar-refractivity contribution < 1.29 is 4.84 Å². The van der Waals surface area contributed by atoms with Crippen LogP contribution in [0.1, 0.15) is 27.2 Å². The highest BCUT2D eigenvalue weighted by Crippen LogP contribution is 1.96. The topological polar surface area (TPSA) is 101 Å². The first-order valence-corrected chi connectivity index (χ1v) is 4.59. The molecule has 0 aliphatic rings. The Labute approximate surface area is 84.4 Å². The van der Waals surface area contributed by atoms with Crippen molar-refractivity contribution >= 4 is 11.9 Å². The number of nitrogens with one attached hydrogen (secondary N) is 1. The molecule has 0 aliphatic heterocycles. The van der Waals surface area contributed by atoms with Crippen molar-refractivity contribution in [2.45, 2.75) is 33.2 Å². The van der Waals surface area contributed by atoms with Crippen molar-refractivity contribution in [3.63, 3.8) is 0 Å². The number of hydrogen-bond donors (Lipinski definition) is 3. The molecule has 0 spiro atoms. The van der Waals surface area contributed by atoms with E-state index in [1.807, 2.05) is 20.8 Å². The largest absolute Gasteiger partial charge is 0.393 e. The van der Waals surface area contributed by atoms with Crippen molar-refractivity contribution in [3.8, 4) is 0 Å². The summed E-state index contributed by atoms with van der Waals surface area (Å²) >= 11 is 0. The summed E-state index contributed by atoms with van der Waals surface area (Å²) in [5, 5.41) is 10.9. The smallest absolute Gasteiger partial charge is 0.240 e. The number of oxime groups is 1. The zero-order chi connectivity index (χ0) is 11.1. The lowest BCUT2D eigenvalue weighted by atomic mass is 10.3. The molecule has 0 amide bonds. The molecule has 0 aliphatic carbocycles. The van der Waals surface area contributed by atoms with Gasteiger partial charge >= 0.3 is 0 Å². The molecular formula is C8H19N5O. The maximum Gasteiger partial charge on any atom is 0.240 e. The summed E-state index contributed by atoms with van der Waals surface area (Å²) in [6, 6.07) is -0.0125. The molecule has 0 saturated carbocycles. The van der Waals surface area contributed by atoms with E-state index >= 15 is 0 Å². The zero-order valence-corrected chi connectivity index (χ0v) is 8.95. The van der Waals surface area contributed by atoms with Gasteiger partial charge < -0.3 is 16.3 Å². The first kappa shape index (κ1) is 12.5. The molecule has 0 rings (SSSR count). The molecule has 0 aromatic heterocycles. The van der Waals surface area contributed by atoms with E-state index in [0.29, 0.717) is 6.61 Å². The molecule has 0 atom stereocenters. The molecule has 0 radical (unpaired) electrons. The minimum absolute atomic E-state index is 0.0125. The summed E-state index contributed by atoms with van der Waals surface area (Å²) in [7, 11) is 0. The Balaban J connectivity index is 4.35. The molecule has 0 saturated heterocycles. The van der Waals surface area contributed by atoms with Crippen molar-refractivity contribution in [2.24, 2.45) is 16.6 Å². The third-order valence-electron chi connectivity index (χ3n) is 1.48. The highest BCUT2D eigenvalue weighted by Gasteiger charge is 2.15.